The molecule has 1 saturated heterocycles. The Bertz CT molecular complexity index is 955. The molecule has 144 valence electrons. The van der Waals surface area contributed by atoms with Crippen molar-refractivity contribution in [2.24, 2.45) is 0 Å². The molecule has 1 fully saturated rings. The van der Waals surface area contributed by atoms with Gasteiger partial charge in [-0.1, -0.05) is 0 Å². The third kappa shape index (κ3) is 3.63. The van der Waals surface area contributed by atoms with Crippen molar-refractivity contribution in [1.29, 1.82) is 0 Å². The zero-order valence-electron chi connectivity index (χ0n) is 15.0. The van der Waals surface area contributed by atoms with Gasteiger partial charge in [0, 0.05) is 56.2 Å². The van der Waals surface area contributed by atoms with E-state index in [1.807, 2.05) is 18.7 Å². The van der Waals surface area contributed by atoms with Gasteiger partial charge in [-0.3, -0.25) is 4.90 Å². The van der Waals surface area contributed by atoms with Crippen LogP contribution in [0.15, 0.2) is 18.6 Å². The zero-order valence-corrected chi connectivity index (χ0v) is 15.8. The summed E-state index contributed by atoms with van der Waals surface area (Å²) in [6.07, 6.45) is -0.454. The molecular weight excluding hydrogens is 377 g/mol. The molecule has 6 nitrogen and oxygen atoms in total. The van der Waals surface area contributed by atoms with Crippen molar-refractivity contribution in [3.05, 3.63) is 39.9 Å². The van der Waals surface area contributed by atoms with Crippen molar-refractivity contribution in [3.8, 4) is 0 Å². The van der Waals surface area contributed by atoms with Gasteiger partial charge in [0.25, 0.3) is 0 Å². The number of thiazole rings is 1. The van der Waals surface area contributed by atoms with E-state index >= 15 is 0 Å². The number of nitrogens with zero attached hydrogens (tertiary/aromatic N) is 6. The standard InChI is InChI=1S/C17H19F3N6S/c1-11-13(27-12(2)22-11)9-24-5-7-25(8-6-24)15-16-23-14(17(18,19)20)10-26(16)4-3-21-15/h3-4,10H,5-9H2,1-2H3. The van der Waals surface area contributed by atoms with Gasteiger partial charge in [-0.2, -0.15) is 13.2 Å². The van der Waals surface area contributed by atoms with Gasteiger partial charge in [0.15, 0.2) is 17.2 Å². The Balaban J connectivity index is 1.49. The van der Waals surface area contributed by atoms with Gasteiger partial charge in [0.1, 0.15) is 0 Å². The molecule has 10 heteroatoms. The number of anilines is 1. The molecule has 0 spiro atoms. The Morgan fingerprint density at radius 2 is 1.85 bits per heavy atom. The van der Waals surface area contributed by atoms with Crippen LogP contribution in [-0.4, -0.2) is 50.4 Å². The second-order valence-electron chi connectivity index (χ2n) is 6.61. The van der Waals surface area contributed by atoms with E-state index in [1.165, 1.54) is 21.7 Å². The van der Waals surface area contributed by atoms with E-state index in [0.717, 1.165) is 36.5 Å². The largest absolute Gasteiger partial charge is 0.434 e. The first-order valence-electron chi connectivity index (χ1n) is 8.62. The topological polar surface area (TPSA) is 49.6 Å². The smallest absolute Gasteiger partial charge is 0.351 e. The van der Waals surface area contributed by atoms with E-state index in [-0.39, 0.29) is 5.65 Å². The van der Waals surface area contributed by atoms with Crippen molar-refractivity contribution >= 4 is 22.8 Å². The number of piperazine rings is 1. The van der Waals surface area contributed by atoms with Crippen molar-refractivity contribution < 1.29 is 13.2 Å². The predicted octanol–water partition coefficient (Wildman–Crippen LogP) is 3.14. The number of aryl methyl sites for hydroxylation is 2. The van der Waals surface area contributed by atoms with E-state index in [0.29, 0.717) is 18.9 Å². The molecule has 3 aromatic heterocycles. The van der Waals surface area contributed by atoms with E-state index in [2.05, 4.69) is 19.9 Å². The highest BCUT2D eigenvalue weighted by Crippen LogP contribution is 2.30. The predicted molar refractivity (Wildman–Crippen MR) is 97.1 cm³/mol. The summed E-state index contributed by atoms with van der Waals surface area (Å²) in [5.41, 5.74) is 0.419. The lowest BCUT2D eigenvalue weighted by Gasteiger charge is -2.35. The van der Waals surface area contributed by atoms with Crippen LogP contribution in [0.4, 0.5) is 19.0 Å². The number of halogens is 3. The minimum atomic E-state index is -4.47. The van der Waals surface area contributed by atoms with Gasteiger partial charge in [-0.25, -0.2) is 15.0 Å². The average Bonchev–Trinajstić information content (AvgIpc) is 3.18. The molecule has 0 aromatic carbocycles. The summed E-state index contributed by atoms with van der Waals surface area (Å²) in [6, 6.07) is 0. The van der Waals surface area contributed by atoms with Gasteiger partial charge in [0.05, 0.1) is 10.7 Å². The summed E-state index contributed by atoms with van der Waals surface area (Å²) in [5.74, 6) is 0.498. The molecule has 3 aromatic rings. The normalized spacial score (nSPS) is 16.4. The second kappa shape index (κ2) is 6.75. The van der Waals surface area contributed by atoms with Crippen LogP contribution in [0.5, 0.6) is 0 Å². The number of fused-ring (bicyclic) bond motifs is 1. The van der Waals surface area contributed by atoms with Crippen LogP contribution in [0.1, 0.15) is 21.3 Å². The fraction of sp³-hybridized carbons (Fsp3) is 0.471. The molecule has 4 heterocycles. The Morgan fingerprint density at radius 3 is 2.48 bits per heavy atom. The molecule has 1 aliphatic heterocycles. The Labute approximate surface area is 158 Å². The van der Waals surface area contributed by atoms with E-state index < -0.39 is 11.9 Å². The molecule has 0 atom stereocenters. The molecule has 27 heavy (non-hydrogen) atoms. The molecule has 4 rings (SSSR count). The van der Waals surface area contributed by atoms with Crippen LogP contribution >= 0.6 is 11.3 Å². The molecular formula is C17H19F3N6S. The van der Waals surface area contributed by atoms with Crippen molar-refractivity contribution in [3.63, 3.8) is 0 Å². The lowest BCUT2D eigenvalue weighted by Crippen LogP contribution is -2.46. The number of rotatable bonds is 3. The first kappa shape index (κ1) is 18.2. The highest BCUT2D eigenvalue weighted by molar-refractivity contribution is 7.11. The fourth-order valence-corrected chi connectivity index (χ4v) is 4.29. The highest BCUT2D eigenvalue weighted by atomic mass is 32.1. The summed E-state index contributed by atoms with van der Waals surface area (Å²) in [6.45, 7) is 7.89. The lowest BCUT2D eigenvalue weighted by molar-refractivity contribution is -0.140. The first-order chi connectivity index (χ1) is 12.8. The fourth-order valence-electron chi connectivity index (χ4n) is 3.31. The van der Waals surface area contributed by atoms with Crippen LogP contribution in [-0.2, 0) is 12.7 Å². The summed E-state index contributed by atoms with van der Waals surface area (Å²) in [4.78, 5) is 18.1. The van der Waals surface area contributed by atoms with E-state index in [4.69, 9.17) is 0 Å². The van der Waals surface area contributed by atoms with Gasteiger partial charge in [-0.05, 0) is 13.8 Å². The van der Waals surface area contributed by atoms with E-state index in [1.54, 1.807) is 11.3 Å². The minimum absolute atomic E-state index is 0.243. The minimum Gasteiger partial charge on any atom is -0.351 e. The summed E-state index contributed by atoms with van der Waals surface area (Å²) >= 11 is 1.71. The lowest BCUT2D eigenvalue weighted by atomic mass is 10.3. The molecule has 0 radical (unpaired) electrons. The summed E-state index contributed by atoms with van der Waals surface area (Å²) in [5, 5.41) is 1.07. The maximum absolute atomic E-state index is 13.0. The van der Waals surface area contributed by atoms with Gasteiger partial charge in [-0.15, -0.1) is 11.3 Å². The Hall–Kier alpha value is -2.20. The molecule has 0 aliphatic carbocycles. The Morgan fingerprint density at radius 1 is 1.11 bits per heavy atom. The zero-order chi connectivity index (χ0) is 19.2. The molecule has 1 aliphatic rings. The molecule has 0 amide bonds. The van der Waals surface area contributed by atoms with Crippen LogP contribution in [0, 0.1) is 13.8 Å². The number of hydrogen-bond acceptors (Lipinski definition) is 6. The third-order valence-corrected chi connectivity index (χ3v) is 5.74. The van der Waals surface area contributed by atoms with Gasteiger partial charge in [0.2, 0.25) is 0 Å². The summed E-state index contributed by atoms with van der Waals surface area (Å²) in [7, 11) is 0. The number of aromatic nitrogens is 4. The quantitative estimate of drug-likeness (QED) is 0.681. The van der Waals surface area contributed by atoms with Crippen LogP contribution in [0.2, 0.25) is 0 Å². The van der Waals surface area contributed by atoms with Crippen LogP contribution < -0.4 is 4.90 Å². The van der Waals surface area contributed by atoms with Crippen LogP contribution in [0.25, 0.3) is 5.65 Å². The number of imidazole rings is 1. The van der Waals surface area contributed by atoms with Crippen LogP contribution in [0.3, 0.4) is 0 Å². The van der Waals surface area contributed by atoms with Crippen molar-refractivity contribution in [2.75, 3.05) is 31.1 Å². The molecule has 0 saturated carbocycles. The Kier molecular flexibility index (Phi) is 4.55. The number of alkyl halides is 3. The maximum atomic E-state index is 13.0. The van der Waals surface area contributed by atoms with E-state index in [9.17, 15) is 13.2 Å². The molecule has 0 bridgehead atoms. The van der Waals surface area contributed by atoms with Crippen molar-refractivity contribution in [1.82, 2.24) is 24.3 Å². The maximum Gasteiger partial charge on any atom is 0.434 e. The summed E-state index contributed by atoms with van der Waals surface area (Å²) < 4.78 is 40.3. The molecule has 0 unspecified atom stereocenters. The first-order valence-corrected chi connectivity index (χ1v) is 9.44. The van der Waals surface area contributed by atoms with Gasteiger partial charge < -0.3 is 9.30 Å². The SMILES string of the molecule is Cc1nc(C)c(CN2CCN(c3nccn4cc(C(F)(F)F)nc34)CC2)s1. The number of hydrogen-bond donors (Lipinski definition) is 0. The third-order valence-electron chi connectivity index (χ3n) is 4.69. The second-order valence-corrected chi connectivity index (χ2v) is 7.90. The monoisotopic (exact) mass is 396 g/mol. The van der Waals surface area contributed by atoms with Crippen molar-refractivity contribution in [2.45, 2.75) is 26.6 Å². The average molecular weight is 396 g/mol. The van der Waals surface area contributed by atoms with Gasteiger partial charge >= 0.3 is 6.18 Å². The highest BCUT2D eigenvalue weighted by Gasteiger charge is 2.34. The molecule has 0 N–H and O–H groups in total.